The van der Waals surface area contributed by atoms with Crippen LogP contribution in [0, 0.1) is 11.3 Å². The molecule has 1 unspecified atom stereocenters. The third kappa shape index (κ3) is 7.69. The van der Waals surface area contributed by atoms with Crippen LogP contribution >= 0.6 is 11.3 Å². The highest BCUT2D eigenvalue weighted by Crippen LogP contribution is 2.14. The number of alkyl carbamates (subject to hydrolysis) is 1. The molecule has 0 saturated heterocycles. The van der Waals surface area contributed by atoms with Gasteiger partial charge in [0.05, 0.1) is 0 Å². The van der Waals surface area contributed by atoms with Crippen molar-refractivity contribution in [3.63, 3.8) is 0 Å². The van der Waals surface area contributed by atoms with Gasteiger partial charge in [0.15, 0.2) is 0 Å². The molecule has 5 nitrogen and oxygen atoms in total. The van der Waals surface area contributed by atoms with Crippen LogP contribution in [0.25, 0.3) is 0 Å². The van der Waals surface area contributed by atoms with Gasteiger partial charge in [-0.2, -0.15) is 5.26 Å². The summed E-state index contributed by atoms with van der Waals surface area (Å²) in [6.07, 6.45) is 0.433. The molecular formula is C15H23N3O2S. The molecule has 116 valence electrons. The monoisotopic (exact) mass is 309 g/mol. The fourth-order valence-corrected chi connectivity index (χ4v) is 2.42. The van der Waals surface area contributed by atoms with E-state index in [0.717, 1.165) is 29.3 Å². The van der Waals surface area contributed by atoms with Gasteiger partial charge in [0.2, 0.25) is 0 Å². The number of rotatable bonds is 6. The molecule has 0 fully saturated rings. The second-order valence-electron chi connectivity index (χ2n) is 5.89. The van der Waals surface area contributed by atoms with Gasteiger partial charge in [0.1, 0.15) is 16.5 Å². The zero-order valence-corrected chi connectivity index (χ0v) is 13.8. The van der Waals surface area contributed by atoms with Crippen LogP contribution in [0.1, 0.15) is 43.9 Å². The van der Waals surface area contributed by atoms with Gasteiger partial charge in [0.25, 0.3) is 0 Å². The van der Waals surface area contributed by atoms with E-state index in [0.29, 0.717) is 0 Å². The topological polar surface area (TPSA) is 74.2 Å². The Morgan fingerprint density at radius 3 is 2.76 bits per heavy atom. The molecule has 2 N–H and O–H groups in total. The average molecular weight is 309 g/mol. The van der Waals surface area contributed by atoms with Gasteiger partial charge in [-0.1, -0.05) is 0 Å². The number of carbonyl (C=O) groups is 1. The minimum Gasteiger partial charge on any atom is -0.444 e. The highest BCUT2D eigenvalue weighted by molar-refractivity contribution is 7.12. The minimum atomic E-state index is -0.473. The zero-order chi connectivity index (χ0) is 15.9. The van der Waals surface area contributed by atoms with Gasteiger partial charge in [-0.15, -0.1) is 11.3 Å². The zero-order valence-electron chi connectivity index (χ0n) is 13.0. The summed E-state index contributed by atoms with van der Waals surface area (Å²) in [4.78, 5) is 13.4. The molecule has 1 rings (SSSR count). The second-order valence-corrected chi connectivity index (χ2v) is 7.06. The minimum absolute atomic E-state index is 0.0466. The predicted molar refractivity (Wildman–Crippen MR) is 84.2 cm³/mol. The number of hydrogen-bond donors (Lipinski definition) is 2. The number of nitriles is 1. The molecule has 21 heavy (non-hydrogen) atoms. The number of thiophene rings is 1. The van der Waals surface area contributed by atoms with Crippen LogP contribution in [-0.4, -0.2) is 24.3 Å². The highest BCUT2D eigenvalue weighted by Gasteiger charge is 2.17. The maximum atomic E-state index is 11.6. The van der Waals surface area contributed by atoms with E-state index in [9.17, 15) is 4.79 Å². The van der Waals surface area contributed by atoms with Crippen LogP contribution in [0.4, 0.5) is 4.79 Å². The van der Waals surface area contributed by atoms with Crippen LogP contribution in [0.3, 0.4) is 0 Å². The summed E-state index contributed by atoms with van der Waals surface area (Å²) in [5.74, 6) is 0. The molecule has 0 aliphatic carbocycles. The largest absolute Gasteiger partial charge is 0.444 e. The van der Waals surface area contributed by atoms with Gasteiger partial charge in [0, 0.05) is 17.5 Å². The summed E-state index contributed by atoms with van der Waals surface area (Å²) in [7, 11) is 0. The summed E-state index contributed by atoms with van der Waals surface area (Å²) < 4.78 is 5.20. The molecule has 1 atom stereocenters. The maximum Gasteiger partial charge on any atom is 0.407 e. The quantitative estimate of drug-likeness (QED) is 0.792. The first-order valence-electron chi connectivity index (χ1n) is 6.99. The van der Waals surface area contributed by atoms with E-state index in [1.807, 2.05) is 39.8 Å². The summed E-state index contributed by atoms with van der Waals surface area (Å²) >= 11 is 1.50. The summed E-state index contributed by atoms with van der Waals surface area (Å²) in [5.41, 5.74) is -0.473. The molecule has 1 amide bonds. The number of nitrogens with one attached hydrogen (secondary N) is 2. The van der Waals surface area contributed by atoms with Crippen molar-refractivity contribution in [2.24, 2.45) is 0 Å². The van der Waals surface area contributed by atoms with Crippen molar-refractivity contribution >= 4 is 17.4 Å². The summed E-state index contributed by atoms with van der Waals surface area (Å²) in [5, 5.41) is 14.9. The van der Waals surface area contributed by atoms with Crippen LogP contribution < -0.4 is 10.6 Å². The van der Waals surface area contributed by atoms with Crippen molar-refractivity contribution in [1.82, 2.24) is 10.6 Å². The fraction of sp³-hybridized carbons (Fsp3) is 0.600. The van der Waals surface area contributed by atoms with Crippen LogP contribution in [-0.2, 0) is 11.3 Å². The highest BCUT2D eigenvalue weighted by atomic mass is 32.1. The standard InChI is InChI=1S/C15H23N3O2S/c1-11(18-14(19)20-15(2,3)4)7-8-17-10-13-6-5-12(9-16)21-13/h5-6,11,17H,7-8,10H2,1-4H3,(H,18,19). The van der Waals surface area contributed by atoms with Crippen molar-refractivity contribution in [2.45, 2.75) is 52.3 Å². The number of hydrogen-bond acceptors (Lipinski definition) is 5. The van der Waals surface area contributed by atoms with E-state index in [4.69, 9.17) is 10.00 Å². The number of nitrogens with zero attached hydrogens (tertiary/aromatic N) is 1. The Morgan fingerprint density at radius 1 is 1.48 bits per heavy atom. The molecule has 1 aromatic heterocycles. The Hall–Kier alpha value is -1.58. The summed E-state index contributed by atoms with van der Waals surface area (Å²) in [6.45, 7) is 9.01. The lowest BCUT2D eigenvalue weighted by Gasteiger charge is -2.22. The molecular weight excluding hydrogens is 286 g/mol. The van der Waals surface area contributed by atoms with E-state index in [1.54, 1.807) is 0 Å². The third-order valence-corrected chi connectivity index (χ3v) is 3.58. The molecule has 0 bridgehead atoms. The predicted octanol–water partition coefficient (Wildman–Crippen LogP) is 3.01. The van der Waals surface area contributed by atoms with E-state index in [1.165, 1.54) is 11.3 Å². The molecule has 0 spiro atoms. The molecule has 0 aliphatic rings. The molecule has 0 aromatic carbocycles. The lowest BCUT2D eigenvalue weighted by Crippen LogP contribution is -2.38. The SMILES string of the molecule is CC(CCNCc1ccc(C#N)s1)NC(=O)OC(C)(C)C. The van der Waals surface area contributed by atoms with E-state index < -0.39 is 5.60 Å². The van der Waals surface area contributed by atoms with Gasteiger partial charge >= 0.3 is 6.09 Å². The molecule has 0 aliphatic heterocycles. The van der Waals surface area contributed by atoms with Gasteiger partial charge in [-0.05, 0) is 52.8 Å². The van der Waals surface area contributed by atoms with Crippen molar-refractivity contribution in [2.75, 3.05) is 6.54 Å². The third-order valence-electron chi connectivity index (χ3n) is 2.59. The van der Waals surface area contributed by atoms with Crippen molar-refractivity contribution in [3.8, 4) is 6.07 Å². The molecule has 0 radical (unpaired) electrons. The average Bonchev–Trinajstić information content (AvgIpc) is 2.80. The molecule has 0 saturated carbocycles. The van der Waals surface area contributed by atoms with Gasteiger partial charge < -0.3 is 15.4 Å². The van der Waals surface area contributed by atoms with E-state index in [-0.39, 0.29) is 12.1 Å². The molecule has 1 aromatic rings. The second kappa shape index (κ2) is 8.01. The normalized spacial score (nSPS) is 12.5. The van der Waals surface area contributed by atoms with Crippen LogP contribution in [0.15, 0.2) is 12.1 Å². The van der Waals surface area contributed by atoms with Crippen molar-refractivity contribution in [1.29, 1.82) is 5.26 Å². The van der Waals surface area contributed by atoms with E-state index >= 15 is 0 Å². The van der Waals surface area contributed by atoms with Crippen molar-refractivity contribution < 1.29 is 9.53 Å². The molecule has 1 heterocycles. The fourth-order valence-electron chi connectivity index (χ4n) is 1.64. The van der Waals surface area contributed by atoms with Crippen molar-refractivity contribution in [3.05, 3.63) is 21.9 Å². The Bertz CT molecular complexity index is 500. The Kier molecular flexibility index (Phi) is 6.66. The Labute approximate surface area is 130 Å². The summed E-state index contributed by atoms with van der Waals surface area (Å²) in [6, 6.07) is 5.96. The number of ether oxygens (including phenoxy) is 1. The lowest BCUT2D eigenvalue weighted by molar-refractivity contribution is 0.0506. The lowest BCUT2D eigenvalue weighted by atomic mass is 10.2. The number of amides is 1. The first kappa shape index (κ1) is 17.5. The maximum absolute atomic E-state index is 11.6. The van der Waals surface area contributed by atoms with Gasteiger partial charge in [-0.25, -0.2) is 4.79 Å². The number of carbonyl (C=O) groups excluding carboxylic acids is 1. The molecule has 6 heteroatoms. The Morgan fingerprint density at radius 2 is 2.19 bits per heavy atom. The first-order chi connectivity index (χ1) is 9.80. The van der Waals surface area contributed by atoms with Crippen LogP contribution in [0.2, 0.25) is 0 Å². The van der Waals surface area contributed by atoms with E-state index in [2.05, 4.69) is 16.7 Å². The smallest absolute Gasteiger partial charge is 0.407 e. The first-order valence-corrected chi connectivity index (χ1v) is 7.81. The van der Waals surface area contributed by atoms with Crippen LogP contribution in [0.5, 0.6) is 0 Å². The Balaban J connectivity index is 2.17. The van der Waals surface area contributed by atoms with Gasteiger partial charge in [-0.3, -0.25) is 0 Å².